The van der Waals surface area contributed by atoms with Crippen molar-refractivity contribution in [2.75, 3.05) is 0 Å². The number of nitrogens with one attached hydrogen (secondary N) is 1. The Bertz CT molecular complexity index is 723. The number of nitrogens with zero attached hydrogens (tertiary/aromatic N) is 1. The Morgan fingerprint density at radius 2 is 2.22 bits per heavy atom. The summed E-state index contributed by atoms with van der Waals surface area (Å²) in [5.41, 5.74) is 1.01. The third-order valence-electron chi connectivity index (χ3n) is 3.78. The second-order valence-electron chi connectivity index (χ2n) is 5.73. The molecule has 0 radical (unpaired) electrons. The molecule has 1 atom stereocenters. The summed E-state index contributed by atoms with van der Waals surface area (Å²) in [5.74, 6) is 0.381. The Balaban J connectivity index is 2.16. The Morgan fingerprint density at radius 3 is 2.83 bits per heavy atom. The van der Waals surface area contributed by atoms with E-state index in [0.717, 1.165) is 18.4 Å². The highest BCUT2D eigenvalue weighted by molar-refractivity contribution is 5.95. The number of carbonyl (C=O) groups is 1. The predicted molar refractivity (Wildman–Crippen MR) is 88.4 cm³/mol. The van der Waals surface area contributed by atoms with E-state index < -0.39 is 11.5 Å². The monoisotopic (exact) mass is 314 g/mol. The van der Waals surface area contributed by atoms with Gasteiger partial charge in [-0.05, 0) is 36.6 Å². The molecule has 0 bridgehead atoms. The van der Waals surface area contributed by atoms with E-state index in [1.54, 1.807) is 31.5 Å². The molecule has 5 heteroatoms. The molecule has 0 aliphatic heterocycles. The summed E-state index contributed by atoms with van der Waals surface area (Å²) in [6.07, 6.45) is 5.29. The van der Waals surface area contributed by atoms with E-state index in [0.29, 0.717) is 17.9 Å². The highest BCUT2D eigenvalue weighted by atomic mass is 16.4. The topological polar surface area (TPSA) is 72.2 Å². The Hall–Kier alpha value is -2.43. The van der Waals surface area contributed by atoms with Crippen molar-refractivity contribution in [1.29, 1.82) is 0 Å². The van der Waals surface area contributed by atoms with Crippen LogP contribution >= 0.6 is 0 Å². The number of carbonyl (C=O) groups excluding carboxylic acids is 1. The van der Waals surface area contributed by atoms with Crippen LogP contribution in [0.4, 0.5) is 0 Å². The van der Waals surface area contributed by atoms with Crippen molar-refractivity contribution in [3.8, 4) is 0 Å². The fourth-order valence-corrected chi connectivity index (χ4v) is 2.50. The molecule has 2 heterocycles. The molecule has 5 nitrogen and oxygen atoms in total. The summed E-state index contributed by atoms with van der Waals surface area (Å²) in [6, 6.07) is 5.45. The number of aryl methyl sites for hydroxylation is 1. The molecule has 2 aromatic heterocycles. The van der Waals surface area contributed by atoms with Gasteiger partial charge in [0.15, 0.2) is 0 Å². The number of pyridine rings is 1. The number of amides is 1. The van der Waals surface area contributed by atoms with Crippen LogP contribution < -0.4 is 10.9 Å². The van der Waals surface area contributed by atoms with Crippen LogP contribution in [-0.2, 0) is 6.54 Å². The van der Waals surface area contributed by atoms with Crippen molar-refractivity contribution >= 4 is 5.91 Å². The predicted octanol–water partition coefficient (Wildman–Crippen LogP) is 3.18. The summed E-state index contributed by atoms with van der Waals surface area (Å²) in [6.45, 7) is 6.18. The maximum atomic E-state index is 12.3. The van der Waals surface area contributed by atoms with E-state index in [-0.39, 0.29) is 11.5 Å². The third kappa shape index (κ3) is 4.28. The average Bonchev–Trinajstić information content (AvgIpc) is 2.53. The minimum atomic E-state index is -0.577. The normalized spacial score (nSPS) is 12.0. The molecule has 0 aliphatic carbocycles. The lowest BCUT2D eigenvalue weighted by molar-refractivity contribution is 0.0945. The molecule has 2 aromatic rings. The SMILES string of the molecule is CCCC(C)c1cc(C)c(C(=O)NCc2cccnc2)c(=O)o1. The van der Waals surface area contributed by atoms with Crippen molar-refractivity contribution < 1.29 is 9.21 Å². The zero-order chi connectivity index (χ0) is 16.8. The molecule has 0 aromatic carbocycles. The molecule has 1 unspecified atom stereocenters. The summed E-state index contributed by atoms with van der Waals surface area (Å²) < 4.78 is 5.35. The van der Waals surface area contributed by atoms with Gasteiger partial charge in [-0.2, -0.15) is 0 Å². The molecular weight excluding hydrogens is 292 g/mol. The molecule has 0 spiro atoms. The van der Waals surface area contributed by atoms with Crippen LogP contribution in [0.25, 0.3) is 0 Å². The van der Waals surface area contributed by atoms with Gasteiger partial charge in [0.05, 0.1) is 0 Å². The van der Waals surface area contributed by atoms with Gasteiger partial charge in [0.25, 0.3) is 5.91 Å². The molecule has 122 valence electrons. The van der Waals surface area contributed by atoms with Crippen LogP contribution in [0.15, 0.2) is 39.8 Å². The van der Waals surface area contributed by atoms with Gasteiger partial charge in [0.2, 0.25) is 0 Å². The first kappa shape index (κ1) is 16.9. The maximum absolute atomic E-state index is 12.3. The fourth-order valence-electron chi connectivity index (χ4n) is 2.50. The lowest BCUT2D eigenvalue weighted by atomic mass is 10.0. The van der Waals surface area contributed by atoms with Crippen LogP contribution in [0.2, 0.25) is 0 Å². The van der Waals surface area contributed by atoms with E-state index in [1.807, 2.05) is 13.0 Å². The van der Waals surface area contributed by atoms with Crippen LogP contribution in [-0.4, -0.2) is 10.9 Å². The highest BCUT2D eigenvalue weighted by Crippen LogP contribution is 2.21. The van der Waals surface area contributed by atoms with Crippen molar-refractivity contribution in [2.24, 2.45) is 0 Å². The minimum Gasteiger partial charge on any atom is -0.427 e. The Morgan fingerprint density at radius 1 is 1.43 bits per heavy atom. The maximum Gasteiger partial charge on any atom is 0.349 e. The quantitative estimate of drug-likeness (QED) is 0.889. The summed E-state index contributed by atoms with van der Waals surface area (Å²) >= 11 is 0. The molecule has 0 aliphatic rings. The zero-order valence-corrected chi connectivity index (χ0v) is 13.8. The first-order valence-electron chi connectivity index (χ1n) is 7.84. The van der Waals surface area contributed by atoms with Gasteiger partial charge in [-0.15, -0.1) is 0 Å². The van der Waals surface area contributed by atoms with Crippen LogP contribution in [0.5, 0.6) is 0 Å². The van der Waals surface area contributed by atoms with Gasteiger partial charge in [-0.25, -0.2) is 4.79 Å². The van der Waals surface area contributed by atoms with Crippen LogP contribution in [0, 0.1) is 6.92 Å². The Labute approximate surface area is 135 Å². The largest absolute Gasteiger partial charge is 0.427 e. The smallest absolute Gasteiger partial charge is 0.349 e. The second-order valence-corrected chi connectivity index (χ2v) is 5.73. The van der Waals surface area contributed by atoms with Gasteiger partial charge in [-0.3, -0.25) is 9.78 Å². The molecule has 1 N–H and O–H groups in total. The van der Waals surface area contributed by atoms with Gasteiger partial charge in [-0.1, -0.05) is 26.3 Å². The van der Waals surface area contributed by atoms with E-state index in [2.05, 4.69) is 17.2 Å². The molecule has 1 amide bonds. The number of hydrogen-bond donors (Lipinski definition) is 1. The number of aromatic nitrogens is 1. The van der Waals surface area contributed by atoms with Crippen molar-refractivity contribution in [1.82, 2.24) is 10.3 Å². The molecule has 2 rings (SSSR count). The van der Waals surface area contributed by atoms with Crippen molar-refractivity contribution in [3.05, 3.63) is 63.5 Å². The van der Waals surface area contributed by atoms with Gasteiger partial charge in [0, 0.05) is 24.9 Å². The van der Waals surface area contributed by atoms with Gasteiger partial charge < -0.3 is 9.73 Å². The summed E-state index contributed by atoms with van der Waals surface area (Å²) in [5, 5.41) is 2.73. The van der Waals surface area contributed by atoms with E-state index in [4.69, 9.17) is 4.42 Å². The van der Waals surface area contributed by atoms with Crippen LogP contribution in [0.3, 0.4) is 0 Å². The third-order valence-corrected chi connectivity index (χ3v) is 3.78. The van der Waals surface area contributed by atoms with E-state index in [1.165, 1.54) is 0 Å². The lowest BCUT2D eigenvalue weighted by Gasteiger charge is -2.12. The average molecular weight is 314 g/mol. The second kappa shape index (κ2) is 7.72. The summed E-state index contributed by atoms with van der Waals surface area (Å²) in [7, 11) is 0. The molecule has 0 saturated carbocycles. The molecular formula is C18H22N2O3. The zero-order valence-electron chi connectivity index (χ0n) is 13.8. The molecule has 0 saturated heterocycles. The number of rotatable bonds is 6. The van der Waals surface area contributed by atoms with Gasteiger partial charge in [0.1, 0.15) is 11.3 Å². The van der Waals surface area contributed by atoms with E-state index >= 15 is 0 Å². The van der Waals surface area contributed by atoms with Gasteiger partial charge >= 0.3 is 5.63 Å². The fraction of sp³-hybridized carbons (Fsp3) is 0.389. The minimum absolute atomic E-state index is 0.0707. The van der Waals surface area contributed by atoms with Crippen molar-refractivity contribution in [3.63, 3.8) is 0 Å². The number of hydrogen-bond acceptors (Lipinski definition) is 4. The Kier molecular flexibility index (Phi) is 5.68. The van der Waals surface area contributed by atoms with Crippen LogP contribution in [0.1, 0.15) is 59.9 Å². The lowest BCUT2D eigenvalue weighted by Crippen LogP contribution is -2.29. The molecule has 0 fully saturated rings. The van der Waals surface area contributed by atoms with E-state index in [9.17, 15) is 9.59 Å². The highest BCUT2D eigenvalue weighted by Gasteiger charge is 2.18. The first-order chi connectivity index (χ1) is 11.0. The van der Waals surface area contributed by atoms with Crippen molar-refractivity contribution in [2.45, 2.75) is 46.1 Å². The summed E-state index contributed by atoms with van der Waals surface area (Å²) in [4.78, 5) is 28.4. The standard InChI is InChI=1S/C18H22N2O3/c1-4-6-12(2)15-9-13(3)16(18(22)23-15)17(21)20-11-14-7-5-8-19-10-14/h5,7-10,12H,4,6,11H2,1-3H3,(H,20,21). The molecule has 23 heavy (non-hydrogen) atoms. The first-order valence-corrected chi connectivity index (χ1v) is 7.84.